The van der Waals surface area contributed by atoms with Crippen LogP contribution in [0.25, 0.3) is 0 Å². The van der Waals surface area contributed by atoms with Crippen molar-refractivity contribution in [2.24, 2.45) is 0 Å². The van der Waals surface area contributed by atoms with Gasteiger partial charge in [-0.1, -0.05) is 24.6 Å². The number of hydrogen-bond acceptors (Lipinski definition) is 2. The van der Waals surface area contributed by atoms with E-state index in [1.165, 1.54) is 49.4 Å². The van der Waals surface area contributed by atoms with Crippen LogP contribution < -0.4 is 4.90 Å². The van der Waals surface area contributed by atoms with Gasteiger partial charge in [-0.15, -0.1) is 4.55 Å². The standard InChI is InChI=1S/C13H19N2.BrH.Mg/c1-2-8-14-9-11-15(12-10-14)13-6-4-3-5-7-13;;/h3-7H,1-2,8-12H2;1H;/q;;+1/p-1. The molecule has 1 aromatic carbocycles. The van der Waals surface area contributed by atoms with E-state index in [1.54, 1.807) is 0 Å². The molecule has 1 fully saturated rings. The fourth-order valence-corrected chi connectivity index (χ4v) is 3.90. The third-order valence-electron chi connectivity index (χ3n) is 3.35. The first-order chi connectivity index (χ1) is 8.40. The normalized spacial score (nSPS) is 16.9. The summed E-state index contributed by atoms with van der Waals surface area (Å²) < 4.78 is 1.43. The SMILES string of the molecule is [Br][Mg][CH2]CCN1CCN(c2ccccc2)CC1. The predicted octanol–water partition coefficient (Wildman–Crippen LogP) is 2.63. The summed E-state index contributed by atoms with van der Waals surface area (Å²) in [4.78, 5) is 5.10. The van der Waals surface area contributed by atoms with Crippen LogP contribution in [-0.4, -0.2) is 55.8 Å². The van der Waals surface area contributed by atoms with Gasteiger partial charge in [0, 0.05) is 31.9 Å². The lowest BCUT2D eigenvalue weighted by Gasteiger charge is -2.36. The van der Waals surface area contributed by atoms with Gasteiger partial charge in [-0.05, 0) is 18.7 Å². The van der Waals surface area contributed by atoms with Crippen LogP contribution in [0.1, 0.15) is 6.42 Å². The van der Waals surface area contributed by atoms with Gasteiger partial charge in [-0.2, -0.15) is 0 Å². The lowest BCUT2D eigenvalue weighted by molar-refractivity contribution is 0.258. The molecule has 90 valence electrons. The second-order valence-corrected chi connectivity index (χ2v) is 8.02. The van der Waals surface area contributed by atoms with Gasteiger partial charge in [0.25, 0.3) is 0 Å². The molecule has 0 N–H and O–H groups in total. The molecule has 0 aliphatic carbocycles. The molecular formula is C13H19BrMgN2. The minimum atomic E-state index is 0.0907. The molecule has 1 aromatic rings. The summed E-state index contributed by atoms with van der Waals surface area (Å²) in [5.41, 5.74) is 1.38. The first kappa shape index (κ1) is 13.7. The molecule has 1 saturated heterocycles. The predicted molar refractivity (Wildman–Crippen MR) is 79.2 cm³/mol. The number of hydrogen-bond donors (Lipinski definition) is 0. The molecule has 17 heavy (non-hydrogen) atoms. The Labute approximate surface area is 120 Å². The smallest absolute Gasteiger partial charge is 0.369 e. The van der Waals surface area contributed by atoms with Gasteiger partial charge in [0.1, 0.15) is 0 Å². The van der Waals surface area contributed by atoms with Crippen LogP contribution in [-0.2, 0) is 0 Å². The minimum absolute atomic E-state index is 0.0907. The maximum atomic E-state index is 3.63. The molecule has 0 bridgehead atoms. The average Bonchev–Trinajstić information content (AvgIpc) is 2.41. The Morgan fingerprint density at radius 1 is 1.06 bits per heavy atom. The topological polar surface area (TPSA) is 6.48 Å². The number of para-hydroxylation sites is 1. The van der Waals surface area contributed by atoms with Crippen LogP contribution >= 0.6 is 12.9 Å². The molecule has 0 aromatic heterocycles. The molecule has 4 heteroatoms. The van der Waals surface area contributed by atoms with Crippen LogP contribution in [0.2, 0.25) is 4.55 Å². The summed E-state index contributed by atoms with van der Waals surface area (Å²) in [6, 6.07) is 10.8. The van der Waals surface area contributed by atoms with Crippen molar-refractivity contribution in [2.75, 3.05) is 37.6 Å². The Hall–Kier alpha value is 0.226. The summed E-state index contributed by atoms with van der Waals surface area (Å²) in [6.07, 6.45) is 1.38. The highest BCUT2D eigenvalue weighted by molar-refractivity contribution is 9.23. The largest absolute Gasteiger partial charge is 0.468 e. The van der Waals surface area contributed by atoms with Crippen LogP contribution in [0.5, 0.6) is 0 Å². The second-order valence-electron chi connectivity index (χ2n) is 4.56. The third kappa shape index (κ3) is 4.43. The van der Waals surface area contributed by atoms with Gasteiger partial charge in [0.2, 0.25) is 0 Å². The quantitative estimate of drug-likeness (QED) is 0.609. The zero-order valence-corrected chi connectivity index (χ0v) is 13.3. The van der Waals surface area contributed by atoms with Gasteiger partial charge >= 0.3 is 18.2 Å². The molecule has 0 spiro atoms. The summed E-state index contributed by atoms with van der Waals surface area (Å²) in [5, 5.41) is 0. The molecule has 1 heterocycles. The van der Waals surface area contributed by atoms with Gasteiger partial charge in [-0.25, -0.2) is 0 Å². The summed E-state index contributed by atoms with van der Waals surface area (Å²) in [7, 11) is 0. The first-order valence-corrected chi connectivity index (χ1v) is 11.4. The van der Waals surface area contributed by atoms with E-state index >= 15 is 0 Å². The minimum Gasteiger partial charge on any atom is -0.369 e. The molecule has 0 unspecified atom stereocenters. The molecule has 2 rings (SSSR count). The van der Waals surface area contributed by atoms with E-state index in [-0.39, 0.29) is 18.2 Å². The van der Waals surface area contributed by atoms with Gasteiger partial charge in [0.05, 0.1) is 0 Å². The number of benzene rings is 1. The van der Waals surface area contributed by atoms with Gasteiger partial charge < -0.3 is 17.8 Å². The van der Waals surface area contributed by atoms with E-state index in [2.05, 4.69) is 53.0 Å². The van der Waals surface area contributed by atoms with E-state index in [4.69, 9.17) is 0 Å². The zero-order valence-electron chi connectivity index (χ0n) is 10.3. The fourth-order valence-electron chi connectivity index (χ4n) is 2.30. The highest BCUT2D eigenvalue weighted by atomic mass is 79.9. The van der Waals surface area contributed by atoms with Crippen molar-refractivity contribution in [3.8, 4) is 0 Å². The van der Waals surface area contributed by atoms with Crippen LogP contribution in [0.15, 0.2) is 30.3 Å². The number of piperazine rings is 1. The lowest BCUT2D eigenvalue weighted by atomic mass is 10.2. The monoisotopic (exact) mass is 306 g/mol. The van der Waals surface area contributed by atoms with Crippen LogP contribution in [0.3, 0.4) is 0 Å². The van der Waals surface area contributed by atoms with E-state index in [1.807, 2.05) is 0 Å². The maximum Gasteiger partial charge on any atom is 0.468 e. The van der Waals surface area contributed by atoms with Crippen molar-refractivity contribution in [2.45, 2.75) is 11.0 Å². The molecule has 2 nitrogen and oxygen atoms in total. The van der Waals surface area contributed by atoms with Crippen molar-refractivity contribution in [3.63, 3.8) is 0 Å². The molecular weight excluding hydrogens is 288 g/mol. The van der Waals surface area contributed by atoms with E-state index in [0.717, 1.165) is 0 Å². The summed E-state index contributed by atoms with van der Waals surface area (Å²) in [6.45, 7) is 6.09. The van der Waals surface area contributed by atoms with Crippen molar-refractivity contribution < 1.29 is 0 Å². The Bertz CT molecular complexity index is 312. The van der Waals surface area contributed by atoms with Crippen LogP contribution in [0, 0.1) is 0 Å². The lowest BCUT2D eigenvalue weighted by Crippen LogP contribution is -2.46. The Kier molecular flexibility index (Phi) is 6.12. The van der Waals surface area contributed by atoms with E-state index in [0.29, 0.717) is 0 Å². The number of rotatable bonds is 5. The highest BCUT2D eigenvalue weighted by Crippen LogP contribution is 2.15. The molecule has 0 radical (unpaired) electrons. The Morgan fingerprint density at radius 3 is 2.41 bits per heavy atom. The number of nitrogens with zero attached hydrogens (tertiary/aromatic N) is 2. The average molecular weight is 308 g/mol. The van der Waals surface area contributed by atoms with E-state index in [9.17, 15) is 0 Å². The van der Waals surface area contributed by atoms with Gasteiger partial charge in [-0.3, -0.25) is 4.90 Å². The third-order valence-corrected chi connectivity index (χ3v) is 5.80. The van der Waals surface area contributed by atoms with Crippen molar-refractivity contribution >= 4 is 36.8 Å². The highest BCUT2D eigenvalue weighted by Gasteiger charge is 2.16. The van der Waals surface area contributed by atoms with Gasteiger partial charge in [0.15, 0.2) is 0 Å². The second kappa shape index (κ2) is 7.62. The van der Waals surface area contributed by atoms with Crippen molar-refractivity contribution in [1.29, 1.82) is 0 Å². The van der Waals surface area contributed by atoms with Crippen molar-refractivity contribution in [1.82, 2.24) is 4.90 Å². The number of halogens is 1. The molecule has 0 atom stereocenters. The summed E-state index contributed by atoms with van der Waals surface area (Å²) in [5.74, 6) is 0. The molecule has 0 saturated carbocycles. The molecule has 1 aliphatic rings. The summed E-state index contributed by atoms with van der Waals surface area (Å²) >= 11 is 3.72. The van der Waals surface area contributed by atoms with E-state index < -0.39 is 0 Å². The van der Waals surface area contributed by atoms with Crippen LogP contribution in [0.4, 0.5) is 5.69 Å². The molecule has 0 amide bonds. The molecule has 1 aliphatic heterocycles. The maximum absolute atomic E-state index is 3.63. The van der Waals surface area contributed by atoms with Crippen molar-refractivity contribution in [3.05, 3.63) is 30.3 Å². The number of anilines is 1. The Balaban J connectivity index is 1.74. The zero-order chi connectivity index (χ0) is 11.9. The Morgan fingerprint density at radius 2 is 1.76 bits per heavy atom. The first-order valence-electron chi connectivity index (χ1n) is 6.48. The fraction of sp³-hybridized carbons (Fsp3) is 0.538.